The van der Waals surface area contributed by atoms with E-state index in [-0.39, 0.29) is 16.7 Å². The number of ether oxygens (including phenoxy) is 1. The van der Waals surface area contributed by atoms with Crippen LogP contribution in [0.2, 0.25) is 0 Å². The summed E-state index contributed by atoms with van der Waals surface area (Å²) in [5.41, 5.74) is 1.12. The van der Waals surface area contributed by atoms with Gasteiger partial charge in [0, 0.05) is 23.9 Å². The number of rotatable bonds is 5. The summed E-state index contributed by atoms with van der Waals surface area (Å²) in [6.07, 6.45) is 4.16. The van der Waals surface area contributed by atoms with Gasteiger partial charge in [0.25, 0.3) is 0 Å². The van der Waals surface area contributed by atoms with Gasteiger partial charge in [0.2, 0.25) is 15.9 Å². The van der Waals surface area contributed by atoms with E-state index >= 15 is 0 Å². The lowest BCUT2D eigenvalue weighted by molar-refractivity contribution is -0.120. The SMILES string of the molecule is COc1ccc(S(=O)(=O)N2CCC(C(=O)Nc3nc4c(s3)CC(C)CC4)CC2)cc1. The zero-order valence-electron chi connectivity index (χ0n) is 17.3. The molecule has 30 heavy (non-hydrogen) atoms. The second kappa shape index (κ2) is 8.64. The number of benzene rings is 1. The number of hydrogen-bond donors (Lipinski definition) is 1. The zero-order valence-corrected chi connectivity index (χ0v) is 18.9. The largest absolute Gasteiger partial charge is 0.497 e. The van der Waals surface area contributed by atoms with Crippen molar-refractivity contribution in [2.75, 3.05) is 25.5 Å². The number of nitrogens with one attached hydrogen (secondary N) is 1. The normalized spacial score (nSPS) is 20.5. The first-order valence-electron chi connectivity index (χ1n) is 10.3. The first-order valence-corrected chi connectivity index (χ1v) is 12.6. The van der Waals surface area contributed by atoms with Gasteiger partial charge in [-0.25, -0.2) is 13.4 Å². The van der Waals surface area contributed by atoms with E-state index in [4.69, 9.17) is 4.74 Å². The number of hydrogen-bond acceptors (Lipinski definition) is 6. The van der Waals surface area contributed by atoms with Gasteiger partial charge in [0.05, 0.1) is 17.7 Å². The molecule has 7 nitrogen and oxygen atoms in total. The van der Waals surface area contributed by atoms with Crippen LogP contribution in [0.25, 0.3) is 0 Å². The molecule has 9 heteroatoms. The Labute approximate surface area is 181 Å². The molecule has 1 fully saturated rings. The van der Waals surface area contributed by atoms with Crippen molar-refractivity contribution in [2.24, 2.45) is 11.8 Å². The Morgan fingerprint density at radius 2 is 1.90 bits per heavy atom. The lowest BCUT2D eigenvalue weighted by Gasteiger charge is -2.30. The number of aromatic nitrogens is 1. The van der Waals surface area contributed by atoms with Crippen LogP contribution < -0.4 is 10.1 Å². The lowest BCUT2D eigenvalue weighted by Crippen LogP contribution is -2.41. The lowest BCUT2D eigenvalue weighted by atomic mass is 9.93. The summed E-state index contributed by atoms with van der Waals surface area (Å²) in [6, 6.07) is 6.39. The summed E-state index contributed by atoms with van der Waals surface area (Å²) in [5, 5.41) is 3.64. The molecule has 1 N–H and O–H groups in total. The molecule has 0 saturated carbocycles. The van der Waals surface area contributed by atoms with Crippen LogP contribution >= 0.6 is 11.3 Å². The van der Waals surface area contributed by atoms with Gasteiger partial charge in [-0.1, -0.05) is 6.92 Å². The van der Waals surface area contributed by atoms with E-state index in [2.05, 4.69) is 17.2 Å². The number of aryl methyl sites for hydroxylation is 1. The van der Waals surface area contributed by atoms with Crippen LogP contribution in [0.5, 0.6) is 5.75 Å². The van der Waals surface area contributed by atoms with Gasteiger partial charge in [-0.15, -0.1) is 11.3 Å². The number of methoxy groups -OCH3 is 1. The topological polar surface area (TPSA) is 88.6 Å². The van der Waals surface area contributed by atoms with Gasteiger partial charge in [-0.05, 0) is 62.3 Å². The third-order valence-electron chi connectivity index (χ3n) is 5.94. The fraction of sp³-hybridized carbons (Fsp3) is 0.524. The van der Waals surface area contributed by atoms with E-state index in [0.29, 0.717) is 42.7 Å². The standard InChI is InChI=1S/C21H27N3O4S2/c1-14-3-8-18-19(13-14)29-21(22-18)23-20(25)15-9-11-24(12-10-15)30(26,27)17-6-4-16(28-2)5-7-17/h4-7,14-15H,3,8-13H2,1-2H3,(H,22,23,25). The summed E-state index contributed by atoms with van der Waals surface area (Å²) in [6.45, 7) is 2.91. The minimum Gasteiger partial charge on any atom is -0.497 e. The third-order valence-corrected chi connectivity index (χ3v) is 8.89. The van der Waals surface area contributed by atoms with Crippen LogP contribution in [0.1, 0.15) is 36.8 Å². The molecule has 0 spiro atoms. The molecule has 1 aliphatic heterocycles. The van der Waals surface area contributed by atoms with Crippen molar-refractivity contribution in [2.45, 2.75) is 43.9 Å². The molecule has 2 heterocycles. The monoisotopic (exact) mass is 449 g/mol. The third kappa shape index (κ3) is 4.38. The van der Waals surface area contributed by atoms with E-state index in [1.165, 1.54) is 9.18 Å². The van der Waals surface area contributed by atoms with E-state index in [0.717, 1.165) is 25.0 Å². The zero-order chi connectivity index (χ0) is 21.3. The number of carbonyl (C=O) groups excluding carboxylic acids is 1. The highest BCUT2D eigenvalue weighted by molar-refractivity contribution is 7.89. The number of fused-ring (bicyclic) bond motifs is 1. The fourth-order valence-corrected chi connectivity index (χ4v) is 6.70. The molecule has 162 valence electrons. The number of thiazole rings is 1. The second-order valence-electron chi connectivity index (χ2n) is 8.08. The van der Waals surface area contributed by atoms with E-state index in [1.807, 2.05) is 0 Å². The predicted octanol–water partition coefficient (Wildman–Crippen LogP) is 3.32. The maximum Gasteiger partial charge on any atom is 0.243 e. The molecule has 4 rings (SSSR count). The van der Waals surface area contributed by atoms with Crippen molar-refractivity contribution in [3.63, 3.8) is 0 Å². The summed E-state index contributed by atoms with van der Waals surface area (Å²) in [7, 11) is -2.02. The number of amides is 1. The second-order valence-corrected chi connectivity index (χ2v) is 11.1. The van der Waals surface area contributed by atoms with E-state index in [1.54, 1.807) is 42.7 Å². The number of piperidine rings is 1. The Morgan fingerprint density at radius 1 is 1.20 bits per heavy atom. The molecule has 1 atom stereocenters. The molecule has 1 aromatic heterocycles. The molecule has 2 aromatic rings. The Bertz CT molecular complexity index is 1010. The first-order chi connectivity index (χ1) is 14.4. The highest BCUT2D eigenvalue weighted by atomic mass is 32.2. The maximum atomic E-state index is 12.9. The van der Waals surface area contributed by atoms with Crippen LogP contribution in [0.15, 0.2) is 29.2 Å². The molecule has 1 amide bonds. The summed E-state index contributed by atoms with van der Waals surface area (Å²) >= 11 is 1.58. The van der Waals surface area contributed by atoms with Crippen LogP contribution in [0.3, 0.4) is 0 Å². The minimum atomic E-state index is -3.57. The predicted molar refractivity (Wildman–Crippen MR) is 116 cm³/mol. The maximum absolute atomic E-state index is 12.9. The van der Waals surface area contributed by atoms with Gasteiger partial charge in [0.15, 0.2) is 5.13 Å². The molecule has 1 aromatic carbocycles. The number of sulfonamides is 1. The van der Waals surface area contributed by atoms with Crippen molar-refractivity contribution in [1.82, 2.24) is 9.29 Å². The summed E-state index contributed by atoms with van der Waals surface area (Å²) in [5.74, 6) is 1.02. The summed E-state index contributed by atoms with van der Waals surface area (Å²) < 4.78 is 32.3. The van der Waals surface area contributed by atoms with Crippen LogP contribution in [-0.4, -0.2) is 43.8 Å². The van der Waals surface area contributed by atoms with Crippen molar-refractivity contribution < 1.29 is 17.9 Å². The smallest absolute Gasteiger partial charge is 0.243 e. The van der Waals surface area contributed by atoms with Crippen LogP contribution in [0, 0.1) is 11.8 Å². The average Bonchev–Trinajstić information content (AvgIpc) is 3.15. The Morgan fingerprint density at radius 3 is 2.57 bits per heavy atom. The summed E-state index contributed by atoms with van der Waals surface area (Å²) in [4.78, 5) is 18.8. The molecular weight excluding hydrogens is 422 g/mol. The number of anilines is 1. The van der Waals surface area contributed by atoms with Crippen LogP contribution in [0.4, 0.5) is 5.13 Å². The molecule has 0 bridgehead atoms. The minimum absolute atomic E-state index is 0.0596. The van der Waals surface area contributed by atoms with E-state index < -0.39 is 10.0 Å². The van der Waals surface area contributed by atoms with Crippen LogP contribution in [-0.2, 0) is 27.7 Å². The van der Waals surface area contributed by atoms with Gasteiger partial charge < -0.3 is 10.1 Å². The van der Waals surface area contributed by atoms with Crippen molar-refractivity contribution in [1.29, 1.82) is 0 Å². The van der Waals surface area contributed by atoms with Gasteiger partial charge in [-0.3, -0.25) is 4.79 Å². The molecule has 0 radical (unpaired) electrons. The molecule has 1 aliphatic carbocycles. The quantitative estimate of drug-likeness (QED) is 0.757. The van der Waals surface area contributed by atoms with Crippen molar-refractivity contribution >= 4 is 32.4 Å². The molecule has 1 unspecified atom stereocenters. The number of carbonyl (C=O) groups is 1. The number of nitrogens with zero attached hydrogens (tertiary/aromatic N) is 2. The van der Waals surface area contributed by atoms with E-state index in [9.17, 15) is 13.2 Å². The highest BCUT2D eigenvalue weighted by Crippen LogP contribution is 2.33. The van der Waals surface area contributed by atoms with Gasteiger partial charge >= 0.3 is 0 Å². The first kappa shape index (κ1) is 21.3. The van der Waals surface area contributed by atoms with Crippen molar-refractivity contribution in [3.05, 3.63) is 34.8 Å². The molecular formula is C21H27N3O4S2. The van der Waals surface area contributed by atoms with Crippen molar-refractivity contribution in [3.8, 4) is 5.75 Å². The average molecular weight is 450 g/mol. The Kier molecular flexibility index (Phi) is 6.13. The fourth-order valence-electron chi connectivity index (χ4n) is 4.06. The highest BCUT2D eigenvalue weighted by Gasteiger charge is 2.32. The molecule has 2 aliphatic rings. The Balaban J connectivity index is 1.35. The van der Waals surface area contributed by atoms with Gasteiger partial charge in [0.1, 0.15) is 5.75 Å². The molecule has 1 saturated heterocycles. The van der Waals surface area contributed by atoms with Gasteiger partial charge in [-0.2, -0.15) is 4.31 Å². The Hall–Kier alpha value is -1.97.